The van der Waals surface area contributed by atoms with Crippen LogP contribution in [0.5, 0.6) is 0 Å². The van der Waals surface area contributed by atoms with Crippen molar-refractivity contribution in [3.8, 4) is 0 Å². The van der Waals surface area contributed by atoms with Gasteiger partial charge in [-0.05, 0) is 151 Å². The Morgan fingerprint density at radius 2 is 1.62 bits per heavy atom. The van der Waals surface area contributed by atoms with Crippen LogP contribution in [-0.4, -0.2) is 103 Å². The maximum Gasteiger partial charge on any atom is 0.220 e. The number of nitrogens with zero attached hydrogens (tertiary/aromatic N) is 2. The zero-order valence-corrected chi connectivity index (χ0v) is 29.5. The molecule has 8 heteroatoms. The monoisotopic (exact) mass is 632 g/mol. The Morgan fingerprint density at radius 3 is 2.29 bits per heavy atom. The van der Waals surface area contributed by atoms with Crippen molar-refractivity contribution in [2.75, 3.05) is 52.4 Å². The van der Waals surface area contributed by atoms with Gasteiger partial charge in [0.2, 0.25) is 5.91 Å². The van der Waals surface area contributed by atoms with E-state index < -0.39 is 0 Å². The van der Waals surface area contributed by atoms with Crippen LogP contribution < -0.4 is 16.4 Å². The summed E-state index contributed by atoms with van der Waals surface area (Å²) in [5.41, 5.74) is 5.72. The molecular weight excluding hydrogens is 562 g/mol. The van der Waals surface area contributed by atoms with E-state index in [0.29, 0.717) is 48.0 Å². The standard InChI is InChI=1S/C37H69N5O3/c1-25(2)40-34(45)11-8-26(3)29-9-10-30-35-31(24-33(44)37(29,30)5)36(4)13-12-28(22-27(36)23-32(35)43)39-15-7-17-42-20-18-41(19-21-42)16-6-14-38/h25-33,35,39,43-44H,6-24,38H2,1-5H3,(H,40,45)/t26-,27?,28+,29-,30?,31?,32-,33+,35?,36+,37-/m1/s1. The third kappa shape index (κ3) is 7.62. The molecule has 5 fully saturated rings. The number of hydrogen-bond acceptors (Lipinski definition) is 7. The summed E-state index contributed by atoms with van der Waals surface area (Å²) in [5.74, 6) is 2.52. The van der Waals surface area contributed by atoms with Crippen molar-refractivity contribution in [1.29, 1.82) is 0 Å². The molecule has 0 aromatic carbocycles. The number of aliphatic hydroxyl groups excluding tert-OH is 2. The Balaban J connectivity index is 1.12. The van der Waals surface area contributed by atoms with Crippen LogP contribution in [0.3, 0.4) is 0 Å². The van der Waals surface area contributed by atoms with Gasteiger partial charge in [0.1, 0.15) is 0 Å². The fourth-order valence-electron chi connectivity index (χ4n) is 11.5. The highest BCUT2D eigenvalue weighted by Gasteiger charge is 2.65. The summed E-state index contributed by atoms with van der Waals surface area (Å²) in [5, 5.41) is 30.8. The highest BCUT2D eigenvalue weighted by molar-refractivity contribution is 5.76. The number of rotatable bonds is 13. The summed E-state index contributed by atoms with van der Waals surface area (Å²) in [6.45, 7) is 20.1. The maximum absolute atomic E-state index is 12.4. The number of carbonyl (C=O) groups excluding carboxylic acids is 1. The molecule has 4 unspecified atom stereocenters. The fraction of sp³-hybridized carbons (Fsp3) is 0.973. The molecule has 0 radical (unpaired) electrons. The molecule has 8 nitrogen and oxygen atoms in total. The van der Waals surface area contributed by atoms with Gasteiger partial charge in [0.05, 0.1) is 12.2 Å². The first-order valence-corrected chi connectivity index (χ1v) is 19.0. The van der Waals surface area contributed by atoms with Crippen LogP contribution >= 0.6 is 0 Å². The lowest BCUT2D eigenvalue weighted by Gasteiger charge is -2.63. The van der Waals surface area contributed by atoms with Crippen LogP contribution in [0.2, 0.25) is 0 Å². The first-order chi connectivity index (χ1) is 21.5. The quantitative estimate of drug-likeness (QED) is 0.196. The van der Waals surface area contributed by atoms with Crippen LogP contribution in [0.25, 0.3) is 0 Å². The molecule has 1 saturated heterocycles. The van der Waals surface area contributed by atoms with E-state index in [0.717, 1.165) is 64.6 Å². The van der Waals surface area contributed by atoms with Crippen LogP contribution in [-0.2, 0) is 4.79 Å². The van der Waals surface area contributed by atoms with Crippen molar-refractivity contribution >= 4 is 5.91 Å². The normalized spacial score (nSPS) is 41.4. The number of fused-ring (bicyclic) bond motifs is 5. The molecule has 0 aromatic heterocycles. The molecule has 0 bridgehead atoms. The topological polar surface area (TPSA) is 114 Å². The minimum absolute atomic E-state index is 0.139. The summed E-state index contributed by atoms with van der Waals surface area (Å²) in [4.78, 5) is 17.6. The second kappa shape index (κ2) is 15.2. The lowest BCUT2D eigenvalue weighted by Crippen LogP contribution is -2.62. The van der Waals surface area contributed by atoms with Gasteiger partial charge >= 0.3 is 0 Å². The molecule has 0 spiro atoms. The van der Waals surface area contributed by atoms with E-state index in [9.17, 15) is 15.0 Å². The number of nitrogens with one attached hydrogen (secondary N) is 2. The van der Waals surface area contributed by atoms with Gasteiger partial charge in [-0.2, -0.15) is 0 Å². The van der Waals surface area contributed by atoms with Crippen molar-refractivity contribution < 1.29 is 15.0 Å². The molecule has 1 aliphatic heterocycles. The lowest BCUT2D eigenvalue weighted by atomic mass is 9.43. The second-order valence-corrected chi connectivity index (χ2v) is 16.9. The molecule has 1 heterocycles. The average molecular weight is 632 g/mol. The smallest absolute Gasteiger partial charge is 0.220 e. The summed E-state index contributed by atoms with van der Waals surface area (Å²) >= 11 is 0. The number of aliphatic hydroxyl groups is 2. The van der Waals surface area contributed by atoms with E-state index in [4.69, 9.17) is 5.73 Å². The van der Waals surface area contributed by atoms with Crippen LogP contribution in [0.1, 0.15) is 105 Å². The Hall–Kier alpha value is -0.770. The largest absolute Gasteiger partial charge is 0.393 e. The predicted octanol–water partition coefficient (Wildman–Crippen LogP) is 3.84. The SMILES string of the molecule is CC(C)NC(=O)CC[C@@H](C)[C@H]1CCC2C3C(C[C@H](O)[C@@]21C)[C@@]1(C)CC[C@H](NCCCN2CCN(CCCN)CC2)CC1C[C@H]3O. The third-order valence-electron chi connectivity index (χ3n) is 14.1. The highest BCUT2D eigenvalue weighted by Crippen LogP contribution is 2.68. The molecule has 6 N–H and O–H groups in total. The predicted molar refractivity (Wildman–Crippen MR) is 183 cm³/mol. The minimum atomic E-state index is -0.329. The van der Waals surface area contributed by atoms with E-state index in [1.807, 2.05) is 13.8 Å². The molecule has 5 rings (SSSR count). The first-order valence-electron chi connectivity index (χ1n) is 19.0. The molecular formula is C37H69N5O3. The van der Waals surface area contributed by atoms with Crippen LogP contribution in [0.4, 0.5) is 0 Å². The number of carbonyl (C=O) groups is 1. The van der Waals surface area contributed by atoms with Crippen molar-refractivity contribution in [3.63, 3.8) is 0 Å². The van der Waals surface area contributed by atoms with E-state index >= 15 is 0 Å². The summed E-state index contributed by atoms with van der Waals surface area (Å²) < 4.78 is 0. The zero-order chi connectivity index (χ0) is 32.4. The molecule has 260 valence electrons. The van der Waals surface area contributed by atoms with Crippen molar-refractivity contribution in [1.82, 2.24) is 20.4 Å². The summed E-state index contributed by atoms with van der Waals surface area (Å²) in [6.07, 6.45) is 10.7. The highest BCUT2D eigenvalue weighted by atomic mass is 16.3. The number of piperazine rings is 1. The molecule has 11 atom stereocenters. The van der Waals surface area contributed by atoms with Crippen LogP contribution in [0, 0.1) is 46.3 Å². The number of hydrogen-bond donors (Lipinski definition) is 5. The van der Waals surface area contributed by atoms with Crippen molar-refractivity contribution in [2.24, 2.45) is 52.1 Å². The summed E-state index contributed by atoms with van der Waals surface area (Å²) in [6, 6.07) is 0.717. The molecule has 4 aliphatic carbocycles. The van der Waals surface area contributed by atoms with Gasteiger partial charge in [-0.25, -0.2) is 0 Å². The minimum Gasteiger partial charge on any atom is -0.393 e. The van der Waals surface area contributed by atoms with Crippen molar-refractivity contribution in [3.05, 3.63) is 0 Å². The van der Waals surface area contributed by atoms with Gasteiger partial charge < -0.3 is 36.4 Å². The van der Waals surface area contributed by atoms with Gasteiger partial charge in [0.25, 0.3) is 0 Å². The fourth-order valence-corrected chi connectivity index (χ4v) is 11.5. The van der Waals surface area contributed by atoms with Gasteiger partial charge in [0.15, 0.2) is 0 Å². The Kier molecular flexibility index (Phi) is 12.0. The number of nitrogens with two attached hydrogens (primary N) is 1. The van der Waals surface area contributed by atoms with Gasteiger partial charge in [-0.3, -0.25) is 4.79 Å². The van der Waals surface area contributed by atoms with E-state index in [1.54, 1.807) is 0 Å². The molecule has 1 amide bonds. The Bertz CT molecular complexity index is 958. The zero-order valence-electron chi connectivity index (χ0n) is 29.5. The van der Waals surface area contributed by atoms with E-state index in [2.05, 4.69) is 41.2 Å². The van der Waals surface area contributed by atoms with Gasteiger partial charge in [0, 0.05) is 44.7 Å². The molecule has 5 aliphatic rings. The van der Waals surface area contributed by atoms with E-state index in [-0.39, 0.29) is 35.0 Å². The molecule has 0 aromatic rings. The van der Waals surface area contributed by atoms with Crippen molar-refractivity contribution in [2.45, 2.75) is 130 Å². The maximum atomic E-state index is 12.4. The molecule has 4 saturated carbocycles. The first kappa shape index (κ1) is 35.5. The van der Waals surface area contributed by atoms with Crippen LogP contribution in [0.15, 0.2) is 0 Å². The Labute approximate surface area is 275 Å². The van der Waals surface area contributed by atoms with Gasteiger partial charge in [-0.1, -0.05) is 20.8 Å². The number of amides is 1. The third-order valence-corrected chi connectivity index (χ3v) is 14.1. The van der Waals surface area contributed by atoms with Gasteiger partial charge in [-0.15, -0.1) is 0 Å². The summed E-state index contributed by atoms with van der Waals surface area (Å²) in [7, 11) is 0. The average Bonchev–Trinajstić information content (AvgIpc) is 3.36. The second-order valence-electron chi connectivity index (χ2n) is 16.9. The molecule has 45 heavy (non-hydrogen) atoms. The lowest BCUT2D eigenvalue weighted by molar-refractivity contribution is -0.202. The Morgan fingerprint density at radius 1 is 0.933 bits per heavy atom. The van der Waals surface area contributed by atoms with E-state index in [1.165, 1.54) is 52.0 Å².